The fourth-order valence-corrected chi connectivity index (χ4v) is 4.19. The Hall–Kier alpha value is -2.71. The number of thiazole rings is 1. The lowest BCUT2D eigenvalue weighted by Gasteiger charge is -2.34. The molecule has 158 valence electrons. The summed E-state index contributed by atoms with van der Waals surface area (Å²) in [5.41, 5.74) is 3.53. The summed E-state index contributed by atoms with van der Waals surface area (Å²) in [7, 11) is 0. The molecule has 3 heterocycles. The number of piperazine rings is 1. The van der Waals surface area contributed by atoms with Crippen LogP contribution in [0.25, 0.3) is 0 Å². The summed E-state index contributed by atoms with van der Waals surface area (Å²) in [5, 5.41) is 7.15. The molecule has 1 amide bonds. The van der Waals surface area contributed by atoms with Crippen molar-refractivity contribution >= 4 is 17.2 Å². The first-order valence-corrected chi connectivity index (χ1v) is 10.9. The molecule has 8 heteroatoms. The van der Waals surface area contributed by atoms with Gasteiger partial charge in [-0.3, -0.25) is 9.69 Å². The zero-order valence-corrected chi connectivity index (χ0v) is 18.4. The van der Waals surface area contributed by atoms with Crippen molar-refractivity contribution in [2.45, 2.75) is 33.9 Å². The van der Waals surface area contributed by atoms with Gasteiger partial charge in [-0.15, -0.1) is 11.3 Å². The van der Waals surface area contributed by atoms with E-state index < -0.39 is 0 Å². The number of hydrogen-bond donors (Lipinski definition) is 0. The first-order chi connectivity index (χ1) is 14.5. The van der Waals surface area contributed by atoms with Gasteiger partial charge in [-0.05, 0) is 39.0 Å². The van der Waals surface area contributed by atoms with E-state index in [0.29, 0.717) is 31.0 Å². The van der Waals surface area contributed by atoms with Crippen molar-refractivity contribution in [2.24, 2.45) is 0 Å². The van der Waals surface area contributed by atoms with Gasteiger partial charge >= 0.3 is 0 Å². The monoisotopic (exact) mass is 426 g/mol. The zero-order chi connectivity index (χ0) is 21.1. The highest BCUT2D eigenvalue weighted by Crippen LogP contribution is 2.20. The summed E-state index contributed by atoms with van der Waals surface area (Å²) in [6.07, 6.45) is 0. The molecule has 0 spiro atoms. The topological polar surface area (TPSA) is 71.7 Å². The van der Waals surface area contributed by atoms with Crippen molar-refractivity contribution in [3.63, 3.8) is 0 Å². The SMILES string of the molecule is Cc1nc(CN2CCN(C(=O)c3cccc(OCc4c(C)noc4C)c3)CC2)cs1. The highest BCUT2D eigenvalue weighted by Gasteiger charge is 2.23. The molecule has 0 atom stereocenters. The fraction of sp³-hybridized carbons (Fsp3) is 0.409. The summed E-state index contributed by atoms with van der Waals surface area (Å²) < 4.78 is 11.1. The Kier molecular flexibility index (Phi) is 6.15. The molecular weight excluding hydrogens is 400 g/mol. The van der Waals surface area contributed by atoms with E-state index in [1.54, 1.807) is 11.3 Å². The number of aryl methyl sites for hydroxylation is 3. The van der Waals surface area contributed by atoms with Crippen LogP contribution >= 0.6 is 11.3 Å². The molecule has 0 aliphatic carbocycles. The maximum absolute atomic E-state index is 13.0. The second kappa shape index (κ2) is 8.97. The Balaban J connectivity index is 1.33. The number of benzene rings is 1. The predicted octanol–water partition coefficient (Wildman–Crippen LogP) is 3.59. The minimum absolute atomic E-state index is 0.0435. The molecule has 1 aliphatic rings. The Morgan fingerprint density at radius 3 is 2.67 bits per heavy atom. The molecule has 4 rings (SSSR count). The number of rotatable bonds is 6. The second-order valence-corrected chi connectivity index (χ2v) is 8.61. The Morgan fingerprint density at radius 1 is 1.20 bits per heavy atom. The molecule has 3 aromatic rings. The Morgan fingerprint density at radius 2 is 2.00 bits per heavy atom. The van der Waals surface area contributed by atoms with Gasteiger partial charge in [0.15, 0.2) is 0 Å². The van der Waals surface area contributed by atoms with Gasteiger partial charge in [0.25, 0.3) is 5.91 Å². The standard InChI is InChI=1S/C22H26N4O3S/c1-15-21(16(2)29-24-15)13-28-20-6-4-5-18(11-20)22(27)26-9-7-25(8-10-26)12-19-14-30-17(3)23-19/h4-6,11,14H,7-10,12-13H2,1-3H3. The normalized spacial score (nSPS) is 14.8. The largest absolute Gasteiger partial charge is 0.489 e. The molecule has 0 radical (unpaired) electrons. The third-order valence-electron chi connectivity index (χ3n) is 5.36. The van der Waals surface area contributed by atoms with Gasteiger partial charge in [-0.2, -0.15) is 0 Å². The van der Waals surface area contributed by atoms with Crippen LogP contribution in [0.4, 0.5) is 0 Å². The molecule has 0 bridgehead atoms. The molecule has 1 aromatic carbocycles. The molecule has 1 saturated heterocycles. The molecule has 1 aliphatic heterocycles. The van der Waals surface area contributed by atoms with Crippen LogP contribution in [0.2, 0.25) is 0 Å². The lowest BCUT2D eigenvalue weighted by molar-refractivity contribution is 0.0627. The minimum atomic E-state index is 0.0435. The van der Waals surface area contributed by atoms with E-state index in [0.717, 1.165) is 47.4 Å². The highest BCUT2D eigenvalue weighted by molar-refractivity contribution is 7.09. The molecule has 0 N–H and O–H groups in total. The zero-order valence-electron chi connectivity index (χ0n) is 17.6. The number of carbonyl (C=O) groups excluding carboxylic acids is 1. The minimum Gasteiger partial charge on any atom is -0.489 e. The molecule has 7 nitrogen and oxygen atoms in total. The predicted molar refractivity (Wildman–Crippen MR) is 115 cm³/mol. The number of carbonyl (C=O) groups is 1. The van der Waals surface area contributed by atoms with Gasteiger partial charge < -0.3 is 14.2 Å². The average Bonchev–Trinajstić information content (AvgIpc) is 3.31. The van der Waals surface area contributed by atoms with Gasteiger partial charge in [0.05, 0.1) is 22.0 Å². The van der Waals surface area contributed by atoms with Gasteiger partial charge in [-0.25, -0.2) is 4.98 Å². The molecule has 30 heavy (non-hydrogen) atoms. The molecule has 0 unspecified atom stereocenters. The molecule has 1 fully saturated rings. The fourth-order valence-electron chi connectivity index (χ4n) is 3.58. The van der Waals surface area contributed by atoms with E-state index in [1.165, 1.54) is 0 Å². The second-order valence-electron chi connectivity index (χ2n) is 7.55. The number of ether oxygens (including phenoxy) is 1. The van der Waals surface area contributed by atoms with Crippen LogP contribution in [0.3, 0.4) is 0 Å². The van der Waals surface area contributed by atoms with Crippen LogP contribution in [0, 0.1) is 20.8 Å². The summed E-state index contributed by atoms with van der Waals surface area (Å²) in [4.78, 5) is 21.8. The van der Waals surface area contributed by atoms with Crippen LogP contribution in [-0.2, 0) is 13.2 Å². The number of hydrogen-bond acceptors (Lipinski definition) is 7. The number of amides is 1. The molecular formula is C22H26N4O3S. The van der Waals surface area contributed by atoms with Crippen LogP contribution < -0.4 is 4.74 Å². The van der Waals surface area contributed by atoms with Crippen molar-refractivity contribution < 1.29 is 14.1 Å². The van der Waals surface area contributed by atoms with Crippen LogP contribution in [0.15, 0.2) is 34.2 Å². The van der Waals surface area contributed by atoms with Crippen LogP contribution in [0.1, 0.15) is 38.1 Å². The first kappa shape index (κ1) is 20.6. The lowest BCUT2D eigenvalue weighted by atomic mass is 10.1. The van der Waals surface area contributed by atoms with Gasteiger partial charge in [0.2, 0.25) is 0 Å². The van der Waals surface area contributed by atoms with E-state index in [9.17, 15) is 4.79 Å². The summed E-state index contributed by atoms with van der Waals surface area (Å²) in [6, 6.07) is 7.37. The third kappa shape index (κ3) is 4.71. The first-order valence-electron chi connectivity index (χ1n) is 10.1. The maximum Gasteiger partial charge on any atom is 0.254 e. The average molecular weight is 427 g/mol. The van der Waals surface area contributed by atoms with Crippen molar-refractivity contribution in [1.29, 1.82) is 0 Å². The van der Waals surface area contributed by atoms with Gasteiger partial charge in [0.1, 0.15) is 18.1 Å². The van der Waals surface area contributed by atoms with Gasteiger partial charge in [0, 0.05) is 43.7 Å². The van der Waals surface area contributed by atoms with E-state index >= 15 is 0 Å². The van der Waals surface area contributed by atoms with E-state index in [1.807, 2.05) is 49.9 Å². The number of nitrogens with zero attached hydrogens (tertiary/aromatic N) is 4. The van der Waals surface area contributed by atoms with Crippen molar-refractivity contribution in [3.05, 3.63) is 62.9 Å². The molecule has 0 saturated carbocycles. The Bertz CT molecular complexity index is 1000. The summed E-state index contributed by atoms with van der Waals surface area (Å²) in [6.45, 7) is 10.1. The lowest BCUT2D eigenvalue weighted by Crippen LogP contribution is -2.48. The van der Waals surface area contributed by atoms with Crippen molar-refractivity contribution in [1.82, 2.24) is 19.9 Å². The summed E-state index contributed by atoms with van der Waals surface area (Å²) >= 11 is 1.68. The molecule has 2 aromatic heterocycles. The quantitative estimate of drug-likeness (QED) is 0.600. The Labute approximate surface area is 180 Å². The smallest absolute Gasteiger partial charge is 0.254 e. The van der Waals surface area contributed by atoms with E-state index in [-0.39, 0.29) is 5.91 Å². The maximum atomic E-state index is 13.0. The van der Waals surface area contributed by atoms with E-state index in [4.69, 9.17) is 9.26 Å². The highest BCUT2D eigenvalue weighted by atomic mass is 32.1. The van der Waals surface area contributed by atoms with Crippen LogP contribution in [0.5, 0.6) is 5.75 Å². The third-order valence-corrected chi connectivity index (χ3v) is 6.18. The number of aromatic nitrogens is 2. The van der Waals surface area contributed by atoms with Crippen molar-refractivity contribution in [2.75, 3.05) is 26.2 Å². The van der Waals surface area contributed by atoms with Gasteiger partial charge in [-0.1, -0.05) is 11.2 Å². The van der Waals surface area contributed by atoms with Crippen molar-refractivity contribution in [3.8, 4) is 5.75 Å². The van der Waals surface area contributed by atoms with Crippen LogP contribution in [-0.4, -0.2) is 52.0 Å². The van der Waals surface area contributed by atoms with E-state index in [2.05, 4.69) is 20.4 Å². The summed E-state index contributed by atoms with van der Waals surface area (Å²) in [5.74, 6) is 1.46.